The maximum atomic E-state index is 6.14. The van der Waals surface area contributed by atoms with Crippen LogP contribution < -0.4 is 5.73 Å². The zero-order chi connectivity index (χ0) is 14.4. The number of benzene rings is 3. The van der Waals surface area contributed by atoms with Crippen LogP contribution in [0.5, 0.6) is 0 Å². The average molecular weight is 294 g/mol. The number of fused-ring (bicyclic) bond motifs is 3. The maximum Gasteiger partial charge on any atom is 0.136 e. The molecule has 0 fully saturated rings. The smallest absolute Gasteiger partial charge is 0.136 e. The number of rotatable bonds is 1. The van der Waals surface area contributed by atoms with Crippen molar-refractivity contribution in [3.63, 3.8) is 0 Å². The van der Waals surface area contributed by atoms with Gasteiger partial charge in [0, 0.05) is 27.0 Å². The molecular weight excluding hydrogens is 282 g/mol. The van der Waals surface area contributed by atoms with E-state index in [1.165, 1.54) is 0 Å². The Balaban J connectivity index is 2.16. The quantitative estimate of drug-likeness (QED) is 0.471. The molecule has 0 bridgehead atoms. The highest BCUT2D eigenvalue weighted by Crippen LogP contribution is 2.39. The third-order valence-corrected chi connectivity index (χ3v) is 3.94. The topological polar surface area (TPSA) is 39.2 Å². The fourth-order valence-corrected chi connectivity index (χ4v) is 2.93. The fraction of sp³-hybridized carbons (Fsp3) is 0. The second-order valence-electron chi connectivity index (χ2n) is 5.01. The molecule has 0 unspecified atom stereocenters. The first-order chi connectivity index (χ1) is 10.2. The van der Waals surface area contributed by atoms with Gasteiger partial charge >= 0.3 is 0 Å². The lowest BCUT2D eigenvalue weighted by Gasteiger charge is -2.08. The first kappa shape index (κ1) is 12.3. The van der Waals surface area contributed by atoms with Crippen molar-refractivity contribution in [2.75, 3.05) is 5.73 Å². The molecule has 0 atom stereocenters. The first-order valence-corrected chi connectivity index (χ1v) is 7.07. The van der Waals surface area contributed by atoms with Gasteiger partial charge in [-0.2, -0.15) is 0 Å². The van der Waals surface area contributed by atoms with Crippen LogP contribution in [-0.4, -0.2) is 0 Å². The minimum atomic E-state index is 0.670. The zero-order valence-corrected chi connectivity index (χ0v) is 11.9. The number of halogens is 1. The highest BCUT2D eigenvalue weighted by molar-refractivity contribution is 6.31. The van der Waals surface area contributed by atoms with E-state index < -0.39 is 0 Å². The van der Waals surface area contributed by atoms with Crippen LogP contribution in [0.1, 0.15) is 0 Å². The first-order valence-electron chi connectivity index (χ1n) is 6.70. The predicted molar refractivity (Wildman–Crippen MR) is 88.6 cm³/mol. The molecule has 4 aromatic rings. The molecule has 2 N–H and O–H groups in total. The van der Waals surface area contributed by atoms with Crippen LogP contribution in [0.4, 0.5) is 5.69 Å². The fourth-order valence-electron chi connectivity index (χ4n) is 2.76. The normalized spacial score (nSPS) is 11.3. The third kappa shape index (κ3) is 1.88. The lowest BCUT2D eigenvalue weighted by atomic mass is 9.98. The van der Waals surface area contributed by atoms with E-state index in [1.807, 2.05) is 48.5 Å². The monoisotopic (exact) mass is 293 g/mol. The third-order valence-electron chi connectivity index (χ3n) is 3.71. The highest BCUT2D eigenvalue weighted by Gasteiger charge is 2.13. The molecule has 4 rings (SSSR count). The van der Waals surface area contributed by atoms with Gasteiger partial charge in [-0.3, -0.25) is 0 Å². The molecule has 0 saturated heterocycles. The van der Waals surface area contributed by atoms with Crippen molar-refractivity contribution in [2.45, 2.75) is 0 Å². The van der Waals surface area contributed by atoms with E-state index in [1.54, 1.807) is 6.07 Å². The zero-order valence-electron chi connectivity index (χ0n) is 11.1. The molecule has 0 aliphatic carbocycles. The number of anilines is 1. The van der Waals surface area contributed by atoms with E-state index in [9.17, 15) is 0 Å². The Morgan fingerprint density at radius 3 is 2.52 bits per heavy atom. The molecule has 1 aromatic heterocycles. The highest BCUT2D eigenvalue weighted by atomic mass is 35.5. The molecule has 2 nitrogen and oxygen atoms in total. The Morgan fingerprint density at radius 2 is 1.62 bits per heavy atom. The number of para-hydroxylation sites is 1. The lowest BCUT2D eigenvalue weighted by Crippen LogP contribution is -1.90. The van der Waals surface area contributed by atoms with Crippen molar-refractivity contribution in [1.82, 2.24) is 0 Å². The van der Waals surface area contributed by atoms with Gasteiger partial charge in [0.25, 0.3) is 0 Å². The van der Waals surface area contributed by atoms with Crippen molar-refractivity contribution >= 4 is 39.2 Å². The standard InChI is InChI=1S/C18H12ClNO/c19-11-8-9-15(20)14(10-11)12-5-3-7-17-18(12)13-4-1-2-6-16(13)21-17/h1-10H,20H2. The largest absolute Gasteiger partial charge is 0.456 e. The molecule has 3 heteroatoms. The van der Waals surface area contributed by atoms with Crippen molar-refractivity contribution in [3.8, 4) is 11.1 Å². The van der Waals surface area contributed by atoms with Gasteiger partial charge in [-0.05, 0) is 35.9 Å². The van der Waals surface area contributed by atoms with E-state index in [-0.39, 0.29) is 0 Å². The second-order valence-corrected chi connectivity index (χ2v) is 5.44. The summed E-state index contributed by atoms with van der Waals surface area (Å²) in [5.41, 5.74) is 10.5. The van der Waals surface area contributed by atoms with Gasteiger partial charge in [-0.1, -0.05) is 41.9 Å². The van der Waals surface area contributed by atoms with Crippen LogP contribution in [-0.2, 0) is 0 Å². The van der Waals surface area contributed by atoms with Crippen LogP contribution >= 0.6 is 11.6 Å². The summed E-state index contributed by atoms with van der Waals surface area (Å²) in [6.45, 7) is 0. The summed E-state index contributed by atoms with van der Waals surface area (Å²) in [5.74, 6) is 0. The van der Waals surface area contributed by atoms with E-state index in [0.717, 1.165) is 33.1 Å². The summed E-state index contributed by atoms with van der Waals surface area (Å²) in [6.07, 6.45) is 0. The summed E-state index contributed by atoms with van der Waals surface area (Å²) in [7, 11) is 0. The Kier molecular flexibility index (Phi) is 2.66. The van der Waals surface area contributed by atoms with Crippen molar-refractivity contribution in [3.05, 3.63) is 65.7 Å². The summed E-state index contributed by atoms with van der Waals surface area (Å²) in [4.78, 5) is 0. The van der Waals surface area contributed by atoms with Gasteiger partial charge in [-0.15, -0.1) is 0 Å². The number of hydrogen-bond acceptors (Lipinski definition) is 2. The molecular formula is C18H12ClNO. The molecule has 0 radical (unpaired) electrons. The summed E-state index contributed by atoms with van der Waals surface area (Å²) in [5, 5.41) is 2.83. The Labute approximate surface area is 126 Å². The van der Waals surface area contributed by atoms with E-state index in [2.05, 4.69) is 6.07 Å². The number of furan rings is 1. The molecule has 0 saturated carbocycles. The van der Waals surface area contributed by atoms with Gasteiger partial charge in [0.15, 0.2) is 0 Å². The predicted octanol–water partition coefficient (Wildman–Crippen LogP) is 5.49. The van der Waals surface area contributed by atoms with Crippen molar-refractivity contribution in [2.24, 2.45) is 0 Å². The number of nitrogens with two attached hydrogens (primary N) is 1. The van der Waals surface area contributed by atoms with Crippen LogP contribution in [0.3, 0.4) is 0 Å². The molecule has 102 valence electrons. The Hall–Kier alpha value is -2.45. The van der Waals surface area contributed by atoms with Gasteiger partial charge in [0.2, 0.25) is 0 Å². The molecule has 1 heterocycles. The molecule has 0 aliphatic rings. The van der Waals surface area contributed by atoms with Crippen molar-refractivity contribution < 1.29 is 4.42 Å². The summed E-state index contributed by atoms with van der Waals surface area (Å²) in [6, 6.07) is 19.5. The molecule has 21 heavy (non-hydrogen) atoms. The molecule has 0 amide bonds. The van der Waals surface area contributed by atoms with Gasteiger partial charge in [-0.25, -0.2) is 0 Å². The van der Waals surface area contributed by atoms with Gasteiger partial charge in [0.05, 0.1) is 0 Å². The average Bonchev–Trinajstić information content (AvgIpc) is 2.88. The van der Waals surface area contributed by atoms with Crippen molar-refractivity contribution in [1.29, 1.82) is 0 Å². The van der Waals surface area contributed by atoms with Crippen LogP contribution in [0.25, 0.3) is 33.1 Å². The van der Waals surface area contributed by atoms with Gasteiger partial charge in [0.1, 0.15) is 11.2 Å². The molecule has 0 aliphatic heterocycles. The van der Waals surface area contributed by atoms with Gasteiger partial charge < -0.3 is 10.2 Å². The Bertz CT molecular complexity index is 971. The number of nitrogen functional groups attached to an aromatic ring is 1. The summed E-state index contributed by atoms with van der Waals surface area (Å²) >= 11 is 6.13. The number of hydrogen-bond donors (Lipinski definition) is 1. The summed E-state index contributed by atoms with van der Waals surface area (Å²) < 4.78 is 5.91. The van der Waals surface area contributed by atoms with E-state index in [0.29, 0.717) is 10.7 Å². The maximum absolute atomic E-state index is 6.14. The minimum absolute atomic E-state index is 0.670. The van der Waals surface area contributed by atoms with Crippen LogP contribution in [0.15, 0.2) is 65.1 Å². The molecule has 0 spiro atoms. The second kappa shape index (κ2) is 4.54. The van der Waals surface area contributed by atoms with Crippen LogP contribution in [0, 0.1) is 0 Å². The minimum Gasteiger partial charge on any atom is -0.456 e. The van der Waals surface area contributed by atoms with Crippen LogP contribution in [0.2, 0.25) is 5.02 Å². The SMILES string of the molecule is Nc1ccc(Cl)cc1-c1cccc2oc3ccccc3c12. The van der Waals surface area contributed by atoms with E-state index >= 15 is 0 Å². The Morgan fingerprint density at radius 1 is 0.810 bits per heavy atom. The molecule has 3 aromatic carbocycles. The van der Waals surface area contributed by atoms with E-state index in [4.69, 9.17) is 21.8 Å². The lowest BCUT2D eigenvalue weighted by molar-refractivity contribution is 0.669.